The van der Waals surface area contributed by atoms with Gasteiger partial charge in [-0.15, -0.1) is 0 Å². The zero-order valence-electron chi connectivity index (χ0n) is 13.2. The summed E-state index contributed by atoms with van der Waals surface area (Å²) in [6.07, 6.45) is 4.92. The molecule has 5 nitrogen and oxygen atoms in total. The number of nitrogens with zero attached hydrogens (tertiary/aromatic N) is 1. The van der Waals surface area contributed by atoms with E-state index in [4.69, 9.17) is 0 Å². The number of carbonyl (C=O) groups is 1. The molecule has 1 aliphatic heterocycles. The van der Waals surface area contributed by atoms with E-state index >= 15 is 0 Å². The number of halogens is 1. The molecule has 3 N–H and O–H groups in total. The second kappa shape index (κ2) is 7.17. The van der Waals surface area contributed by atoms with Crippen molar-refractivity contribution < 1.29 is 14.3 Å². The summed E-state index contributed by atoms with van der Waals surface area (Å²) >= 11 is 0. The fourth-order valence-corrected chi connectivity index (χ4v) is 3.37. The Kier molecular flexibility index (Phi) is 5.00. The number of benzene rings is 1. The topological polar surface area (TPSA) is 64.6 Å². The Labute approximate surface area is 135 Å². The summed E-state index contributed by atoms with van der Waals surface area (Å²) in [5.41, 5.74) is 1.06. The van der Waals surface area contributed by atoms with Crippen LogP contribution in [0.25, 0.3) is 0 Å². The first-order valence-corrected chi connectivity index (χ1v) is 8.42. The van der Waals surface area contributed by atoms with Gasteiger partial charge in [0.2, 0.25) is 0 Å². The zero-order valence-corrected chi connectivity index (χ0v) is 13.2. The van der Waals surface area contributed by atoms with Crippen LogP contribution in [0.2, 0.25) is 0 Å². The van der Waals surface area contributed by atoms with Crippen LogP contribution in [-0.4, -0.2) is 36.4 Å². The van der Waals surface area contributed by atoms with Crippen molar-refractivity contribution >= 4 is 17.4 Å². The first-order valence-electron chi connectivity index (χ1n) is 8.42. The van der Waals surface area contributed by atoms with Gasteiger partial charge in [0.25, 0.3) is 0 Å². The Bertz CT molecular complexity index is 553. The van der Waals surface area contributed by atoms with Gasteiger partial charge in [0.05, 0.1) is 11.8 Å². The number of aliphatic hydroxyl groups excluding tert-OH is 1. The highest BCUT2D eigenvalue weighted by Crippen LogP contribution is 2.26. The SMILES string of the molecule is O=C(Nc1ccc(N2CCCC2)c(F)c1)NC1CCC(O)CC1. The minimum absolute atomic E-state index is 0.0760. The smallest absolute Gasteiger partial charge is 0.319 e. The van der Waals surface area contributed by atoms with Crippen molar-refractivity contribution in [3.63, 3.8) is 0 Å². The second-order valence-electron chi connectivity index (χ2n) is 6.46. The van der Waals surface area contributed by atoms with Crippen molar-refractivity contribution in [2.45, 2.75) is 50.7 Å². The molecule has 3 rings (SSSR count). The molecule has 0 bridgehead atoms. The monoisotopic (exact) mass is 321 g/mol. The van der Waals surface area contributed by atoms with Crippen LogP contribution >= 0.6 is 0 Å². The molecule has 1 aliphatic carbocycles. The quantitative estimate of drug-likeness (QED) is 0.802. The number of rotatable bonds is 3. The van der Waals surface area contributed by atoms with Gasteiger partial charge in [-0.3, -0.25) is 0 Å². The Morgan fingerprint density at radius 2 is 1.87 bits per heavy atom. The molecule has 1 aromatic carbocycles. The Morgan fingerprint density at radius 1 is 1.17 bits per heavy atom. The highest BCUT2D eigenvalue weighted by Gasteiger charge is 2.21. The average Bonchev–Trinajstić information content (AvgIpc) is 3.04. The number of aliphatic hydroxyl groups is 1. The first-order chi connectivity index (χ1) is 11.1. The van der Waals surface area contributed by atoms with Crippen LogP contribution in [0.1, 0.15) is 38.5 Å². The van der Waals surface area contributed by atoms with Gasteiger partial charge in [0.1, 0.15) is 5.82 Å². The molecule has 6 heteroatoms. The first kappa shape index (κ1) is 16.1. The average molecular weight is 321 g/mol. The van der Waals surface area contributed by atoms with E-state index in [9.17, 15) is 14.3 Å². The van der Waals surface area contributed by atoms with E-state index < -0.39 is 0 Å². The molecule has 2 aliphatic rings. The predicted octanol–water partition coefficient (Wildman–Crippen LogP) is 2.85. The maximum Gasteiger partial charge on any atom is 0.319 e. The second-order valence-corrected chi connectivity index (χ2v) is 6.46. The normalized spacial score (nSPS) is 24.5. The maximum atomic E-state index is 14.2. The van der Waals surface area contributed by atoms with Gasteiger partial charge in [0.15, 0.2) is 0 Å². The molecule has 0 atom stereocenters. The van der Waals surface area contributed by atoms with Gasteiger partial charge in [-0.25, -0.2) is 9.18 Å². The molecule has 2 amide bonds. The van der Waals surface area contributed by atoms with Gasteiger partial charge in [-0.1, -0.05) is 0 Å². The Balaban J connectivity index is 1.55. The third-order valence-corrected chi connectivity index (χ3v) is 4.68. The number of hydrogen-bond acceptors (Lipinski definition) is 3. The molecule has 1 saturated carbocycles. The van der Waals surface area contributed by atoms with E-state index in [2.05, 4.69) is 10.6 Å². The minimum atomic E-state index is -0.320. The van der Waals surface area contributed by atoms with Crippen molar-refractivity contribution in [3.05, 3.63) is 24.0 Å². The highest BCUT2D eigenvalue weighted by atomic mass is 19.1. The largest absolute Gasteiger partial charge is 0.393 e. The molecule has 0 spiro atoms. The number of urea groups is 1. The van der Waals surface area contributed by atoms with Gasteiger partial charge >= 0.3 is 6.03 Å². The lowest BCUT2D eigenvalue weighted by Gasteiger charge is -2.26. The van der Waals surface area contributed by atoms with Gasteiger partial charge in [-0.05, 0) is 56.7 Å². The van der Waals surface area contributed by atoms with Crippen LogP contribution in [0.4, 0.5) is 20.6 Å². The molecule has 126 valence electrons. The van der Waals surface area contributed by atoms with E-state index in [0.717, 1.165) is 38.8 Å². The van der Waals surface area contributed by atoms with Crippen LogP contribution < -0.4 is 15.5 Å². The maximum absolute atomic E-state index is 14.2. The summed E-state index contributed by atoms with van der Waals surface area (Å²) in [5.74, 6) is -0.300. The summed E-state index contributed by atoms with van der Waals surface area (Å²) in [7, 11) is 0. The molecule has 0 aromatic heterocycles. The summed E-state index contributed by atoms with van der Waals surface area (Å²) in [5, 5.41) is 15.0. The zero-order chi connectivity index (χ0) is 16.2. The number of hydrogen-bond donors (Lipinski definition) is 3. The number of amides is 2. The van der Waals surface area contributed by atoms with Crippen molar-refractivity contribution in [2.75, 3.05) is 23.3 Å². The highest BCUT2D eigenvalue weighted by molar-refractivity contribution is 5.89. The Morgan fingerprint density at radius 3 is 2.52 bits per heavy atom. The van der Waals surface area contributed by atoms with E-state index in [1.54, 1.807) is 12.1 Å². The van der Waals surface area contributed by atoms with Crippen molar-refractivity contribution in [1.29, 1.82) is 0 Å². The van der Waals surface area contributed by atoms with Crippen molar-refractivity contribution in [3.8, 4) is 0 Å². The summed E-state index contributed by atoms with van der Waals surface area (Å²) in [4.78, 5) is 14.0. The van der Waals surface area contributed by atoms with Gasteiger partial charge in [0, 0.05) is 24.8 Å². The molecule has 1 heterocycles. The van der Waals surface area contributed by atoms with E-state index in [-0.39, 0.29) is 24.0 Å². The molecule has 1 saturated heterocycles. The lowest BCUT2D eigenvalue weighted by Crippen LogP contribution is -2.40. The van der Waals surface area contributed by atoms with E-state index in [0.29, 0.717) is 24.2 Å². The fourth-order valence-electron chi connectivity index (χ4n) is 3.37. The lowest BCUT2D eigenvalue weighted by atomic mass is 9.93. The molecule has 23 heavy (non-hydrogen) atoms. The number of carbonyl (C=O) groups excluding carboxylic acids is 1. The van der Waals surface area contributed by atoms with Crippen LogP contribution in [-0.2, 0) is 0 Å². The summed E-state index contributed by atoms with van der Waals surface area (Å²) in [6.45, 7) is 1.77. The number of nitrogens with one attached hydrogen (secondary N) is 2. The van der Waals surface area contributed by atoms with E-state index in [1.807, 2.05) is 4.90 Å². The van der Waals surface area contributed by atoms with Crippen LogP contribution in [0.3, 0.4) is 0 Å². The van der Waals surface area contributed by atoms with E-state index in [1.165, 1.54) is 6.07 Å². The molecule has 0 unspecified atom stereocenters. The summed E-state index contributed by atoms with van der Waals surface area (Å²) in [6, 6.07) is 4.60. The lowest BCUT2D eigenvalue weighted by molar-refractivity contribution is 0.118. The summed E-state index contributed by atoms with van der Waals surface area (Å²) < 4.78 is 14.2. The van der Waals surface area contributed by atoms with Crippen molar-refractivity contribution in [1.82, 2.24) is 5.32 Å². The molecule has 1 aromatic rings. The van der Waals surface area contributed by atoms with Gasteiger partial charge < -0.3 is 20.6 Å². The fraction of sp³-hybridized carbons (Fsp3) is 0.588. The third kappa shape index (κ3) is 4.13. The Hall–Kier alpha value is -1.82. The standard InChI is InChI=1S/C17H24FN3O2/c18-15-11-13(5-8-16(15)21-9-1-2-10-21)20-17(23)19-12-3-6-14(22)7-4-12/h5,8,11-12,14,22H,1-4,6-7,9-10H2,(H2,19,20,23). The van der Waals surface area contributed by atoms with Crippen LogP contribution in [0.15, 0.2) is 18.2 Å². The number of anilines is 2. The van der Waals surface area contributed by atoms with Crippen LogP contribution in [0.5, 0.6) is 0 Å². The molecular weight excluding hydrogens is 297 g/mol. The van der Waals surface area contributed by atoms with Crippen molar-refractivity contribution in [2.24, 2.45) is 0 Å². The van der Waals surface area contributed by atoms with Crippen LogP contribution in [0, 0.1) is 5.82 Å². The molecule has 2 fully saturated rings. The molecular formula is C17H24FN3O2. The predicted molar refractivity (Wildman–Crippen MR) is 88.3 cm³/mol. The third-order valence-electron chi connectivity index (χ3n) is 4.68. The molecule has 0 radical (unpaired) electrons. The van der Waals surface area contributed by atoms with Gasteiger partial charge in [-0.2, -0.15) is 0 Å². The minimum Gasteiger partial charge on any atom is -0.393 e.